The molecule has 0 spiro atoms. The van der Waals surface area contributed by atoms with Crippen molar-refractivity contribution >= 4 is 16.9 Å². The number of fused-ring (bicyclic) bond motifs is 1. The van der Waals surface area contributed by atoms with E-state index in [1.54, 1.807) is 18.5 Å². The summed E-state index contributed by atoms with van der Waals surface area (Å²) in [5.41, 5.74) is 3.55. The van der Waals surface area contributed by atoms with Crippen molar-refractivity contribution in [3.05, 3.63) is 53.5 Å². The van der Waals surface area contributed by atoms with Gasteiger partial charge in [-0.25, -0.2) is 14.8 Å². The van der Waals surface area contributed by atoms with Crippen molar-refractivity contribution in [1.29, 1.82) is 0 Å². The second-order valence-corrected chi connectivity index (χ2v) is 6.02. The third-order valence-corrected chi connectivity index (χ3v) is 4.32. The molecule has 3 aromatic rings. The molecule has 2 aromatic heterocycles. The molecule has 1 aromatic carbocycles. The third kappa shape index (κ3) is 3.27. The maximum Gasteiger partial charge on any atom is 0.340 e. The Balaban J connectivity index is 2.23. The zero-order chi connectivity index (χ0) is 17.8. The predicted octanol–water partition coefficient (Wildman–Crippen LogP) is 4.25. The van der Waals surface area contributed by atoms with Crippen LogP contribution in [0.5, 0.6) is 0 Å². The molecule has 0 unspecified atom stereocenters. The second kappa shape index (κ2) is 7.47. The van der Waals surface area contributed by atoms with E-state index in [2.05, 4.69) is 29.0 Å². The first kappa shape index (κ1) is 17.1. The average Bonchev–Trinajstić information content (AvgIpc) is 2.92. The van der Waals surface area contributed by atoms with Crippen molar-refractivity contribution in [2.45, 2.75) is 40.0 Å². The highest BCUT2D eigenvalue weighted by molar-refractivity contribution is 6.06. The van der Waals surface area contributed by atoms with Crippen LogP contribution in [0.15, 0.2) is 36.7 Å². The number of ether oxygens (including phenoxy) is 1. The van der Waals surface area contributed by atoms with Crippen LogP contribution in [-0.4, -0.2) is 27.1 Å². The van der Waals surface area contributed by atoms with Crippen LogP contribution >= 0.6 is 0 Å². The topological polar surface area (TPSA) is 57.0 Å². The first-order chi connectivity index (χ1) is 12.2. The van der Waals surface area contributed by atoms with Gasteiger partial charge in [-0.3, -0.25) is 4.57 Å². The standard InChI is InChI=1S/C20H23N3O2/c1-4-6-8-15-9-10-17-16(13-15)18(19(24)25-5-2)14(3)23(17)20-21-11-7-12-22-20/h7,9-13H,4-6,8H2,1-3H3. The van der Waals surface area contributed by atoms with Gasteiger partial charge in [0.1, 0.15) is 0 Å². The van der Waals surface area contributed by atoms with Crippen LogP contribution in [0.3, 0.4) is 0 Å². The van der Waals surface area contributed by atoms with Gasteiger partial charge in [0.15, 0.2) is 0 Å². The molecule has 25 heavy (non-hydrogen) atoms. The molecule has 0 saturated carbocycles. The number of carbonyl (C=O) groups is 1. The molecule has 0 radical (unpaired) electrons. The number of rotatable bonds is 6. The lowest BCUT2D eigenvalue weighted by atomic mass is 10.0. The van der Waals surface area contributed by atoms with Gasteiger partial charge >= 0.3 is 5.97 Å². The van der Waals surface area contributed by atoms with E-state index in [0.29, 0.717) is 18.1 Å². The Bertz CT molecular complexity index is 885. The van der Waals surface area contributed by atoms with Crippen molar-refractivity contribution in [1.82, 2.24) is 14.5 Å². The summed E-state index contributed by atoms with van der Waals surface area (Å²) < 4.78 is 7.22. The molecule has 0 aliphatic rings. The number of hydrogen-bond donors (Lipinski definition) is 0. The fourth-order valence-electron chi connectivity index (χ4n) is 3.13. The van der Waals surface area contributed by atoms with E-state index in [4.69, 9.17) is 4.74 Å². The van der Waals surface area contributed by atoms with Gasteiger partial charge in [0, 0.05) is 23.5 Å². The molecule has 5 nitrogen and oxygen atoms in total. The van der Waals surface area contributed by atoms with Gasteiger partial charge in [0.2, 0.25) is 5.95 Å². The summed E-state index contributed by atoms with van der Waals surface area (Å²) in [6.45, 7) is 6.26. The van der Waals surface area contributed by atoms with Gasteiger partial charge in [-0.1, -0.05) is 19.4 Å². The van der Waals surface area contributed by atoms with E-state index in [9.17, 15) is 4.79 Å². The Kier molecular flexibility index (Phi) is 5.12. The second-order valence-electron chi connectivity index (χ2n) is 6.02. The minimum atomic E-state index is -0.299. The molecular weight excluding hydrogens is 314 g/mol. The van der Waals surface area contributed by atoms with Crippen LogP contribution in [0.2, 0.25) is 0 Å². The van der Waals surface area contributed by atoms with Gasteiger partial charge in [0.05, 0.1) is 17.7 Å². The van der Waals surface area contributed by atoms with E-state index >= 15 is 0 Å². The molecule has 0 aliphatic heterocycles. The smallest absolute Gasteiger partial charge is 0.340 e. The number of hydrogen-bond acceptors (Lipinski definition) is 4. The Morgan fingerprint density at radius 2 is 1.96 bits per heavy atom. The first-order valence-electron chi connectivity index (χ1n) is 8.75. The van der Waals surface area contributed by atoms with E-state index in [1.807, 2.05) is 24.5 Å². The van der Waals surface area contributed by atoms with E-state index in [0.717, 1.165) is 35.9 Å². The maximum atomic E-state index is 12.6. The number of benzene rings is 1. The van der Waals surface area contributed by atoms with Gasteiger partial charge in [-0.2, -0.15) is 0 Å². The average molecular weight is 337 g/mol. The zero-order valence-corrected chi connectivity index (χ0v) is 15.0. The van der Waals surface area contributed by atoms with Gasteiger partial charge < -0.3 is 4.74 Å². The molecule has 2 heterocycles. The minimum Gasteiger partial charge on any atom is -0.462 e. The summed E-state index contributed by atoms with van der Waals surface area (Å²) >= 11 is 0. The number of esters is 1. The number of aryl methyl sites for hydroxylation is 1. The molecule has 0 atom stereocenters. The monoisotopic (exact) mass is 337 g/mol. The Labute approximate surface area is 147 Å². The summed E-state index contributed by atoms with van der Waals surface area (Å²) in [4.78, 5) is 21.3. The molecule has 5 heteroatoms. The normalized spacial score (nSPS) is 11.0. The summed E-state index contributed by atoms with van der Waals surface area (Å²) in [6, 6.07) is 8.04. The minimum absolute atomic E-state index is 0.299. The van der Waals surface area contributed by atoms with Crippen LogP contribution in [0, 0.1) is 6.92 Å². The molecule has 0 N–H and O–H groups in total. The number of carbonyl (C=O) groups excluding carboxylic acids is 1. The van der Waals surface area contributed by atoms with E-state index in [1.165, 1.54) is 5.56 Å². The van der Waals surface area contributed by atoms with Crippen molar-refractivity contribution < 1.29 is 9.53 Å². The summed E-state index contributed by atoms with van der Waals surface area (Å²) in [6.07, 6.45) is 6.67. The molecule has 0 saturated heterocycles. The molecule has 130 valence electrons. The molecule has 3 rings (SSSR count). The number of nitrogens with zero attached hydrogens (tertiary/aromatic N) is 3. The van der Waals surface area contributed by atoms with Crippen LogP contribution < -0.4 is 0 Å². The van der Waals surface area contributed by atoms with Crippen molar-refractivity contribution in [2.75, 3.05) is 6.61 Å². The van der Waals surface area contributed by atoms with Gasteiger partial charge in [-0.05, 0) is 50.5 Å². The quantitative estimate of drug-likeness (QED) is 0.631. The SMILES string of the molecule is CCCCc1ccc2c(c1)c(C(=O)OCC)c(C)n2-c1ncccn1. The number of unbranched alkanes of at least 4 members (excludes halogenated alkanes) is 1. The molecule has 0 aliphatic carbocycles. The largest absolute Gasteiger partial charge is 0.462 e. The van der Waals surface area contributed by atoms with Crippen molar-refractivity contribution in [3.63, 3.8) is 0 Å². The molecular formula is C20H23N3O2. The lowest BCUT2D eigenvalue weighted by molar-refractivity contribution is 0.0527. The fourth-order valence-corrected chi connectivity index (χ4v) is 3.13. The number of aromatic nitrogens is 3. The van der Waals surface area contributed by atoms with Gasteiger partial charge in [-0.15, -0.1) is 0 Å². The van der Waals surface area contributed by atoms with Crippen molar-refractivity contribution in [2.24, 2.45) is 0 Å². The lowest BCUT2D eigenvalue weighted by Gasteiger charge is -2.06. The summed E-state index contributed by atoms with van der Waals surface area (Å²) in [5, 5.41) is 0.900. The highest BCUT2D eigenvalue weighted by atomic mass is 16.5. The van der Waals surface area contributed by atoms with Crippen LogP contribution in [-0.2, 0) is 11.2 Å². The fraction of sp³-hybridized carbons (Fsp3) is 0.350. The zero-order valence-electron chi connectivity index (χ0n) is 15.0. The van der Waals surface area contributed by atoms with Crippen LogP contribution in [0.25, 0.3) is 16.9 Å². The van der Waals surface area contributed by atoms with E-state index in [-0.39, 0.29) is 5.97 Å². The summed E-state index contributed by atoms with van der Waals surface area (Å²) in [5.74, 6) is 0.258. The molecule has 0 bridgehead atoms. The first-order valence-corrected chi connectivity index (χ1v) is 8.75. The van der Waals surface area contributed by atoms with E-state index < -0.39 is 0 Å². The highest BCUT2D eigenvalue weighted by Crippen LogP contribution is 2.30. The Morgan fingerprint density at radius 1 is 1.20 bits per heavy atom. The third-order valence-electron chi connectivity index (χ3n) is 4.32. The lowest BCUT2D eigenvalue weighted by Crippen LogP contribution is -2.08. The van der Waals surface area contributed by atoms with Crippen LogP contribution in [0.1, 0.15) is 48.3 Å². The maximum absolute atomic E-state index is 12.6. The Hall–Kier alpha value is -2.69. The molecule has 0 amide bonds. The Morgan fingerprint density at radius 3 is 2.64 bits per heavy atom. The van der Waals surface area contributed by atoms with Crippen molar-refractivity contribution in [3.8, 4) is 5.95 Å². The molecule has 0 fully saturated rings. The predicted molar refractivity (Wildman–Crippen MR) is 98.2 cm³/mol. The summed E-state index contributed by atoms with van der Waals surface area (Å²) in [7, 11) is 0. The van der Waals surface area contributed by atoms with Gasteiger partial charge in [0.25, 0.3) is 0 Å². The highest BCUT2D eigenvalue weighted by Gasteiger charge is 2.23. The van der Waals surface area contributed by atoms with Crippen LogP contribution in [0.4, 0.5) is 0 Å².